The second-order valence-electron chi connectivity index (χ2n) is 3.08. The van der Waals surface area contributed by atoms with Gasteiger partial charge in [-0.3, -0.25) is 0 Å². The number of nitrogens with two attached hydrogens (primary N) is 1. The molecule has 0 atom stereocenters. The van der Waals surface area contributed by atoms with Gasteiger partial charge in [0.25, 0.3) is 0 Å². The minimum Gasteiger partial charge on any atom is -0.384 e. The molecule has 0 spiro atoms. The minimum absolute atomic E-state index is 0.288. The van der Waals surface area contributed by atoms with Gasteiger partial charge in [-0.05, 0) is 40.2 Å². The maximum absolute atomic E-state index is 13.0. The largest absolute Gasteiger partial charge is 0.384 e. The Balaban J connectivity index is 2.58. The number of hydrogen-bond acceptors (Lipinski definition) is 2. The molecule has 0 bridgehead atoms. The van der Waals surface area contributed by atoms with Crippen molar-refractivity contribution in [1.29, 1.82) is 0 Å². The van der Waals surface area contributed by atoms with Crippen molar-refractivity contribution in [2.75, 3.05) is 5.73 Å². The summed E-state index contributed by atoms with van der Waals surface area (Å²) in [5.41, 5.74) is 6.93. The van der Waals surface area contributed by atoms with Gasteiger partial charge in [0.1, 0.15) is 11.6 Å². The number of aromatic nitrogens is 1. The van der Waals surface area contributed by atoms with Crippen LogP contribution in [0.2, 0.25) is 0 Å². The molecular weight excluding hydrogens is 259 g/mol. The summed E-state index contributed by atoms with van der Waals surface area (Å²) in [5, 5.41) is 0. The van der Waals surface area contributed by atoms with E-state index < -0.39 is 0 Å². The molecule has 76 valence electrons. The van der Waals surface area contributed by atoms with Crippen molar-refractivity contribution < 1.29 is 4.39 Å². The van der Waals surface area contributed by atoms with E-state index in [1.807, 2.05) is 0 Å². The monoisotopic (exact) mass is 266 g/mol. The van der Waals surface area contributed by atoms with Crippen molar-refractivity contribution in [1.82, 2.24) is 4.98 Å². The van der Waals surface area contributed by atoms with Crippen molar-refractivity contribution in [2.45, 2.75) is 0 Å². The molecule has 2 nitrogen and oxygen atoms in total. The zero-order valence-corrected chi connectivity index (χ0v) is 9.33. The third-order valence-corrected chi connectivity index (χ3v) is 2.61. The number of pyridine rings is 1. The fourth-order valence-electron chi connectivity index (χ4n) is 1.30. The van der Waals surface area contributed by atoms with Gasteiger partial charge in [-0.15, -0.1) is 0 Å². The summed E-state index contributed by atoms with van der Waals surface area (Å²) in [6.07, 6.45) is 0. The molecule has 0 amide bonds. The number of nitrogen functional groups attached to an aromatic ring is 1. The Bertz CT molecular complexity index is 500. The maximum atomic E-state index is 13.0. The molecule has 1 heterocycles. The van der Waals surface area contributed by atoms with Gasteiger partial charge >= 0.3 is 0 Å². The van der Waals surface area contributed by atoms with Gasteiger partial charge in [0.05, 0.1) is 5.69 Å². The zero-order valence-electron chi connectivity index (χ0n) is 7.74. The van der Waals surface area contributed by atoms with Crippen molar-refractivity contribution in [3.63, 3.8) is 0 Å². The van der Waals surface area contributed by atoms with Crippen molar-refractivity contribution in [3.05, 3.63) is 46.7 Å². The Morgan fingerprint density at radius 2 is 2.00 bits per heavy atom. The third kappa shape index (κ3) is 2.15. The average Bonchev–Trinajstić information content (AvgIpc) is 2.22. The molecule has 15 heavy (non-hydrogen) atoms. The predicted octanol–water partition coefficient (Wildman–Crippen LogP) is 3.23. The van der Waals surface area contributed by atoms with E-state index in [0.29, 0.717) is 17.1 Å². The third-order valence-electron chi connectivity index (χ3n) is 1.97. The first-order valence-corrected chi connectivity index (χ1v) is 5.14. The molecule has 0 unspecified atom stereocenters. The van der Waals surface area contributed by atoms with Crippen LogP contribution in [0.25, 0.3) is 11.3 Å². The van der Waals surface area contributed by atoms with Gasteiger partial charge in [0, 0.05) is 10.0 Å². The smallest absolute Gasteiger partial charge is 0.124 e. The Labute approximate surface area is 95.1 Å². The van der Waals surface area contributed by atoms with Gasteiger partial charge in [-0.2, -0.15) is 0 Å². The second-order valence-corrected chi connectivity index (χ2v) is 3.93. The van der Waals surface area contributed by atoms with E-state index in [0.717, 1.165) is 4.47 Å². The lowest BCUT2D eigenvalue weighted by molar-refractivity contribution is 0.628. The molecule has 4 heteroatoms. The van der Waals surface area contributed by atoms with Crippen LogP contribution in [0.15, 0.2) is 40.9 Å². The van der Waals surface area contributed by atoms with Crippen LogP contribution in [-0.4, -0.2) is 4.98 Å². The van der Waals surface area contributed by atoms with Gasteiger partial charge in [0.2, 0.25) is 0 Å². The van der Waals surface area contributed by atoms with E-state index in [1.54, 1.807) is 24.3 Å². The molecule has 0 radical (unpaired) electrons. The molecule has 2 aromatic rings. The number of hydrogen-bond donors (Lipinski definition) is 1. The van der Waals surface area contributed by atoms with Crippen LogP contribution >= 0.6 is 15.9 Å². The summed E-state index contributed by atoms with van der Waals surface area (Å²) in [6, 6.07) is 9.73. The maximum Gasteiger partial charge on any atom is 0.124 e. The predicted molar refractivity (Wildman–Crippen MR) is 61.7 cm³/mol. The van der Waals surface area contributed by atoms with Gasteiger partial charge in [0.15, 0.2) is 0 Å². The van der Waals surface area contributed by atoms with Crippen LogP contribution in [0, 0.1) is 5.82 Å². The Kier molecular flexibility index (Phi) is 2.68. The molecule has 0 saturated heterocycles. The second kappa shape index (κ2) is 3.98. The number of benzene rings is 1. The van der Waals surface area contributed by atoms with Gasteiger partial charge < -0.3 is 5.73 Å². The minimum atomic E-state index is -0.288. The summed E-state index contributed by atoms with van der Waals surface area (Å²) in [4.78, 5) is 4.15. The van der Waals surface area contributed by atoms with E-state index in [2.05, 4.69) is 20.9 Å². The average molecular weight is 267 g/mol. The molecule has 1 aromatic heterocycles. The highest BCUT2D eigenvalue weighted by Gasteiger charge is 2.05. The van der Waals surface area contributed by atoms with Crippen molar-refractivity contribution in [2.24, 2.45) is 0 Å². The standard InChI is InChI=1S/C11H8BrFN2/c12-9-4-5-10(14)15-11(9)7-2-1-3-8(13)6-7/h1-6H,(H2,14,15). The molecule has 0 aliphatic rings. The van der Waals surface area contributed by atoms with E-state index in [4.69, 9.17) is 5.73 Å². The Morgan fingerprint density at radius 1 is 1.20 bits per heavy atom. The summed E-state index contributed by atoms with van der Waals surface area (Å²) in [6.45, 7) is 0. The number of rotatable bonds is 1. The fraction of sp³-hybridized carbons (Fsp3) is 0. The highest BCUT2D eigenvalue weighted by atomic mass is 79.9. The lowest BCUT2D eigenvalue weighted by Crippen LogP contribution is -1.93. The Morgan fingerprint density at radius 3 is 2.73 bits per heavy atom. The summed E-state index contributed by atoms with van der Waals surface area (Å²) >= 11 is 3.35. The molecule has 1 aromatic carbocycles. The summed E-state index contributed by atoms with van der Waals surface area (Å²) in [7, 11) is 0. The van der Waals surface area contributed by atoms with Crippen LogP contribution in [0.4, 0.5) is 10.2 Å². The first-order chi connectivity index (χ1) is 7.16. The quantitative estimate of drug-likeness (QED) is 0.861. The van der Waals surface area contributed by atoms with E-state index in [9.17, 15) is 4.39 Å². The van der Waals surface area contributed by atoms with Crippen molar-refractivity contribution >= 4 is 21.7 Å². The number of anilines is 1. The molecule has 0 fully saturated rings. The SMILES string of the molecule is Nc1ccc(Br)c(-c2cccc(F)c2)n1. The van der Waals surface area contributed by atoms with E-state index in [-0.39, 0.29) is 5.82 Å². The van der Waals surface area contributed by atoms with Crippen LogP contribution < -0.4 is 5.73 Å². The zero-order chi connectivity index (χ0) is 10.8. The first kappa shape index (κ1) is 10.1. The molecule has 2 N–H and O–H groups in total. The molecule has 0 aliphatic carbocycles. The lowest BCUT2D eigenvalue weighted by Gasteiger charge is -2.04. The number of halogens is 2. The topological polar surface area (TPSA) is 38.9 Å². The molecule has 2 rings (SSSR count). The first-order valence-electron chi connectivity index (χ1n) is 4.35. The van der Waals surface area contributed by atoms with E-state index >= 15 is 0 Å². The molecule has 0 saturated carbocycles. The highest BCUT2D eigenvalue weighted by Crippen LogP contribution is 2.27. The van der Waals surface area contributed by atoms with Gasteiger partial charge in [-0.1, -0.05) is 12.1 Å². The normalized spacial score (nSPS) is 10.3. The summed E-state index contributed by atoms with van der Waals surface area (Å²) < 4.78 is 13.8. The fourth-order valence-corrected chi connectivity index (χ4v) is 1.75. The van der Waals surface area contributed by atoms with Crippen LogP contribution in [0.5, 0.6) is 0 Å². The molecular formula is C11H8BrFN2. The van der Waals surface area contributed by atoms with Crippen LogP contribution in [-0.2, 0) is 0 Å². The lowest BCUT2D eigenvalue weighted by atomic mass is 10.1. The Hall–Kier alpha value is -1.42. The summed E-state index contributed by atoms with van der Waals surface area (Å²) in [5.74, 6) is 0.126. The highest BCUT2D eigenvalue weighted by molar-refractivity contribution is 9.10. The van der Waals surface area contributed by atoms with Crippen molar-refractivity contribution in [3.8, 4) is 11.3 Å². The van der Waals surface area contributed by atoms with Gasteiger partial charge in [-0.25, -0.2) is 9.37 Å². The van der Waals surface area contributed by atoms with Crippen LogP contribution in [0.3, 0.4) is 0 Å². The van der Waals surface area contributed by atoms with Crippen LogP contribution in [0.1, 0.15) is 0 Å². The molecule has 0 aliphatic heterocycles. The van der Waals surface area contributed by atoms with E-state index in [1.165, 1.54) is 12.1 Å². The number of nitrogens with zero attached hydrogens (tertiary/aromatic N) is 1.